The van der Waals surface area contributed by atoms with E-state index < -0.39 is 0 Å². The molecule has 88 valence electrons. The van der Waals surface area contributed by atoms with Gasteiger partial charge in [-0.3, -0.25) is 4.79 Å². The van der Waals surface area contributed by atoms with Crippen LogP contribution in [0.25, 0.3) is 11.4 Å². The Labute approximate surface area is 103 Å². The molecule has 0 aliphatic carbocycles. The van der Waals surface area contributed by atoms with Gasteiger partial charge in [-0.1, -0.05) is 12.1 Å². The number of thioether (sulfide) groups is 1. The number of benzene rings is 1. The summed E-state index contributed by atoms with van der Waals surface area (Å²) in [5, 5.41) is 3.77. The number of nitrogens with zero attached hydrogens (tertiary/aromatic N) is 2. The summed E-state index contributed by atoms with van der Waals surface area (Å²) in [6.07, 6.45) is 0. The lowest BCUT2D eigenvalue weighted by atomic mass is 10.2. The molecule has 0 spiro atoms. The maximum absolute atomic E-state index is 11.0. The first-order chi connectivity index (χ1) is 8.20. The van der Waals surface area contributed by atoms with Crippen LogP contribution in [-0.4, -0.2) is 21.7 Å². The number of hydrogen-bond donors (Lipinski definition) is 0. The molecular weight excluding hydrogens is 236 g/mol. The largest absolute Gasteiger partial charge is 0.330 e. The van der Waals surface area contributed by atoms with E-state index in [1.54, 1.807) is 11.8 Å². The van der Waals surface area contributed by atoms with Crippen LogP contribution >= 0.6 is 11.8 Å². The van der Waals surface area contributed by atoms with Crippen molar-refractivity contribution in [2.75, 3.05) is 5.75 Å². The van der Waals surface area contributed by atoms with Gasteiger partial charge >= 0.3 is 0 Å². The van der Waals surface area contributed by atoms with Gasteiger partial charge in [0, 0.05) is 17.4 Å². The zero-order valence-corrected chi connectivity index (χ0v) is 10.5. The first-order valence-corrected chi connectivity index (χ1v) is 6.27. The summed E-state index contributed by atoms with van der Waals surface area (Å²) < 4.78 is 4.84. The summed E-state index contributed by atoms with van der Waals surface area (Å²) in [5.74, 6) is 1.31. The van der Waals surface area contributed by atoms with E-state index in [0.29, 0.717) is 5.82 Å². The molecule has 0 atom stereocenters. The molecular formula is C12H12N2O2S. The molecule has 0 amide bonds. The van der Waals surface area contributed by atoms with E-state index in [-0.39, 0.29) is 11.7 Å². The van der Waals surface area contributed by atoms with Gasteiger partial charge in [0.1, 0.15) is 0 Å². The Morgan fingerprint density at radius 2 is 2.06 bits per heavy atom. The molecule has 1 aromatic carbocycles. The smallest absolute Gasteiger partial charge is 0.294 e. The second-order valence-electron chi connectivity index (χ2n) is 3.44. The predicted molar refractivity (Wildman–Crippen MR) is 66.1 cm³/mol. The van der Waals surface area contributed by atoms with Crippen molar-refractivity contribution in [2.24, 2.45) is 0 Å². The Morgan fingerprint density at radius 3 is 2.59 bits per heavy atom. The van der Waals surface area contributed by atoms with E-state index in [2.05, 4.69) is 17.1 Å². The van der Waals surface area contributed by atoms with Crippen LogP contribution in [0, 0.1) is 0 Å². The van der Waals surface area contributed by atoms with Crippen LogP contribution < -0.4 is 0 Å². The second-order valence-corrected chi connectivity index (χ2v) is 4.77. The monoisotopic (exact) mass is 248 g/mol. The first kappa shape index (κ1) is 11.9. The van der Waals surface area contributed by atoms with E-state index in [0.717, 1.165) is 11.3 Å². The van der Waals surface area contributed by atoms with Gasteiger partial charge in [-0.25, -0.2) is 0 Å². The van der Waals surface area contributed by atoms with Crippen LogP contribution in [0.2, 0.25) is 0 Å². The molecule has 0 saturated heterocycles. The van der Waals surface area contributed by atoms with Crippen molar-refractivity contribution < 1.29 is 9.32 Å². The minimum atomic E-state index is -0.220. The average molecular weight is 248 g/mol. The molecule has 4 nitrogen and oxygen atoms in total. The molecule has 2 rings (SSSR count). The van der Waals surface area contributed by atoms with Crippen molar-refractivity contribution in [2.45, 2.75) is 18.7 Å². The SMILES string of the molecule is CCSc1ccc(-c2noc(C(C)=O)n2)cc1. The normalized spacial score (nSPS) is 10.5. The summed E-state index contributed by atoms with van der Waals surface area (Å²) in [6, 6.07) is 7.86. The third kappa shape index (κ3) is 2.74. The number of hydrogen-bond acceptors (Lipinski definition) is 5. The standard InChI is InChI=1S/C12H12N2O2S/c1-3-17-10-6-4-9(5-7-10)11-13-12(8(2)15)16-14-11/h4-7H,3H2,1-2H3. The number of carbonyl (C=O) groups excluding carboxylic acids is 1. The van der Waals surface area contributed by atoms with Gasteiger partial charge in [-0.2, -0.15) is 4.98 Å². The number of carbonyl (C=O) groups is 1. The highest BCUT2D eigenvalue weighted by Gasteiger charge is 2.11. The number of rotatable bonds is 4. The Morgan fingerprint density at radius 1 is 1.35 bits per heavy atom. The lowest BCUT2D eigenvalue weighted by Gasteiger charge is -1.98. The number of ketones is 1. The topological polar surface area (TPSA) is 56.0 Å². The molecule has 0 saturated carbocycles. The van der Waals surface area contributed by atoms with Crippen molar-refractivity contribution in [1.82, 2.24) is 10.1 Å². The summed E-state index contributed by atoms with van der Waals surface area (Å²) in [5.41, 5.74) is 0.849. The number of Topliss-reactive ketones (excluding diaryl/α,β-unsaturated/α-hetero) is 1. The molecule has 0 aliphatic heterocycles. The fraction of sp³-hybridized carbons (Fsp3) is 0.250. The van der Waals surface area contributed by atoms with Crippen molar-refractivity contribution >= 4 is 17.5 Å². The molecule has 0 unspecified atom stereocenters. The highest BCUT2D eigenvalue weighted by molar-refractivity contribution is 7.99. The maximum Gasteiger partial charge on any atom is 0.294 e. The fourth-order valence-electron chi connectivity index (χ4n) is 1.35. The average Bonchev–Trinajstić information content (AvgIpc) is 2.80. The van der Waals surface area contributed by atoms with Gasteiger partial charge in [0.15, 0.2) is 0 Å². The van der Waals surface area contributed by atoms with Gasteiger partial charge < -0.3 is 4.52 Å². The lowest BCUT2D eigenvalue weighted by Crippen LogP contribution is -1.91. The Hall–Kier alpha value is -1.62. The quantitative estimate of drug-likeness (QED) is 0.615. The molecule has 0 aliphatic rings. The van der Waals surface area contributed by atoms with E-state index >= 15 is 0 Å². The summed E-state index contributed by atoms with van der Waals surface area (Å²) in [6.45, 7) is 3.51. The Bertz CT molecular complexity index is 520. The molecule has 1 aromatic heterocycles. The van der Waals surface area contributed by atoms with Gasteiger partial charge in [0.25, 0.3) is 5.89 Å². The van der Waals surface area contributed by atoms with Crippen LogP contribution in [0.3, 0.4) is 0 Å². The lowest BCUT2D eigenvalue weighted by molar-refractivity contribution is 0.0972. The molecule has 2 aromatic rings. The van der Waals surface area contributed by atoms with E-state index in [4.69, 9.17) is 4.52 Å². The Kier molecular flexibility index (Phi) is 3.58. The van der Waals surface area contributed by atoms with Gasteiger partial charge in [-0.15, -0.1) is 11.8 Å². The van der Waals surface area contributed by atoms with Crippen LogP contribution in [0.15, 0.2) is 33.7 Å². The molecule has 5 heteroatoms. The zero-order valence-electron chi connectivity index (χ0n) is 9.64. The van der Waals surface area contributed by atoms with Crippen molar-refractivity contribution in [3.63, 3.8) is 0 Å². The predicted octanol–water partition coefficient (Wildman–Crippen LogP) is 3.05. The summed E-state index contributed by atoms with van der Waals surface area (Å²) >= 11 is 1.77. The van der Waals surface area contributed by atoms with Crippen LogP contribution in [0.1, 0.15) is 24.5 Å². The first-order valence-electron chi connectivity index (χ1n) is 5.28. The molecule has 0 bridgehead atoms. The molecule has 0 N–H and O–H groups in total. The summed E-state index contributed by atoms with van der Waals surface area (Å²) in [7, 11) is 0. The minimum absolute atomic E-state index is 0.0482. The fourth-order valence-corrected chi connectivity index (χ4v) is 2.01. The Balaban J connectivity index is 2.23. The van der Waals surface area contributed by atoms with Gasteiger partial charge in [-0.05, 0) is 30.0 Å². The van der Waals surface area contributed by atoms with Gasteiger partial charge in [0.05, 0.1) is 0 Å². The van der Waals surface area contributed by atoms with E-state index in [9.17, 15) is 4.79 Å². The van der Waals surface area contributed by atoms with Gasteiger partial charge in [0.2, 0.25) is 11.6 Å². The highest BCUT2D eigenvalue weighted by atomic mass is 32.2. The van der Waals surface area contributed by atoms with Crippen LogP contribution in [0.4, 0.5) is 0 Å². The molecule has 1 heterocycles. The van der Waals surface area contributed by atoms with Crippen molar-refractivity contribution in [3.8, 4) is 11.4 Å². The molecule has 17 heavy (non-hydrogen) atoms. The van der Waals surface area contributed by atoms with Crippen molar-refractivity contribution in [1.29, 1.82) is 0 Å². The minimum Gasteiger partial charge on any atom is -0.330 e. The molecule has 0 radical (unpaired) electrons. The zero-order chi connectivity index (χ0) is 12.3. The number of aromatic nitrogens is 2. The summed E-state index contributed by atoms with van der Waals surface area (Å²) in [4.78, 5) is 16.3. The van der Waals surface area contributed by atoms with Crippen molar-refractivity contribution in [3.05, 3.63) is 30.2 Å². The molecule has 0 fully saturated rings. The highest BCUT2D eigenvalue weighted by Crippen LogP contribution is 2.22. The van der Waals surface area contributed by atoms with Crippen LogP contribution in [-0.2, 0) is 0 Å². The third-order valence-electron chi connectivity index (χ3n) is 2.15. The van der Waals surface area contributed by atoms with E-state index in [1.165, 1.54) is 11.8 Å². The second kappa shape index (κ2) is 5.14. The van der Waals surface area contributed by atoms with E-state index in [1.807, 2.05) is 24.3 Å². The third-order valence-corrected chi connectivity index (χ3v) is 3.04. The van der Waals surface area contributed by atoms with Crippen LogP contribution in [0.5, 0.6) is 0 Å². The maximum atomic E-state index is 11.0.